The van der Waals surface area contributed by atoms with Crippen molar-refractivity contribution in [3.8, 4) is 0 Å². The molecule has 20 heavy (non-hydrogen) atoms. The van der Waals surface area contributed by atoms with Crippen LogP contribution in [0.3, 0.4) is 0 Å². The van der Waals surface area contributed by atoms with Crippen LogP contribution in [-0.2, 0) is 4.74 Å². The molecule has 0 radical (unpaired) electrons. The molecule has 2 N–H and O–H groups in total. The topological polar surface area (TPSA) is 35.2 Å². The zero-order valence-corrected chi connectivity index (χ0v) is 12.7. The van der Waals surface area contributed by atoms with Crippen LogP contribution in [0.15, 0.2) is 24.3 Å². The van der Waals surface area contributed by atoms with E-state index in [4.69, 9.17) is 10.5 Å². The Kier molecular flexibility index (Phi) is 4.13. The van der Waals surface area contributed by atoms with Crippen molar-refractivity contribution in [1.29, 1.82) is 0 Å². The summed E-state index contributed by atoms with van der Waals surface area (Å²) in [5.74, 6) is 1.36. The maximum atomic E-state index is 6.48. The molecule has 0 heterocycles. The predicted octanol–water partition coefficient (Wildman–Crippen LogP) is 4.16. The van der Waals surface area contributed by atoms with E-state index in [9.17, 15) is 0 Å². The summed E-state index contributed by atoms with van der Waals surface area (Å²) >= 11 is 0. The third-order valence-electron chi connectivity index (χ3n) is 5.13. The summed E-state index contributed by atoms with van der Waals surface area (Å²) in [5, 5.41) is 0. The van der Waals surface area contributed by atoms with Crippen molar-refractivity contribution in [3.63, 3.8) is 0 Å². The lowest BCUT2D eigenvalue weighted by atomic mass is 9.79. The van der Waals surface area contributed by atoms with Crippen molar-refractivity contribution in [3.05, 3.63) is 35.4 Å². The Morgan fingerprint density at radius 2 is 1.80 bits per heavy atom. The molecule has 0 aromatic heterocycles. The Bertz CT molecular complexity index is 458. The molecule has 3 rings (SSSR count). The van der Waals surface area contributed by atoms with E-state index in [1.807, 2.05) is 0 Å². The highest BCUT2D eigenvalue weighted by atomic mass is 16.5. The van der Waals surface area contributed by atoms with E-state index in [0.29, 0.717) is 12.0 Å². The second-order valence-corrected chi connectivity index (χ2v) is 6.86. The van der Waals surface area contributed by atoms with Crippen molar-refractivity contribution in [1.82, 2.24) is 0 Å². The first-order valence-corrected chi connectivity index (χ1v) is 8.15. The number of nitrogens with two attached hydrogens (primary N) is 1. The van der Waals surface area contributed by atoms with E-state index in [1.54, 1.807) is 0 Å². The molecule has 5 atom stereocenters. The molecule has 1 saturated carbocycles. The second kappa shape index (κ2) is 5.87. The molecule has 2 aliphatic carbocycles. The Hall–Kier alpha value is -0.860. The van der Waals surface area contributed by atoms with Crippen LogP contribution < -0.4 is 5.73 Å². The lowest BCUT2D eigenvalue weighted by molar-refractivity contribution is -0.0586. The molecular formula is C18H27NO. The fraction of sp³-hybridized carbons (Fsp3) is 0.667. The van der Waals surface area contributed by atoms with Crippen LogP contribution in [0.4, 0.5) is 0 Å². The van der Waals surface area contributed by atoms with Crippen LogP contribution >= 0.6 is 0 Å². The first-order valence-electron chi connectivity index (χ1n) is 8.15. The Morgan fingerprint density at radius 1 is 1.05 bits per heavy atom. The maximum absolute atomic E-state index is 6.48. The predicted molar refractivity (Wildman–Crippen MR) is 82.7 cm³/mol. The van der Waals surface area contributed by atoms with Gasteiger partial charge in [-0.3, -0.25) is 0 Å². The highest BCUT2D eigenvalue weighted by molar-refractivity contribution is 5.36. The summed E-state index contributed by atoms with van der Waals surface area (Å²) in [5.41, 5.74) is 9.19. The average molecular weight is 273 g/mol. The Morgan fingerprint density at radius 3 is 2.55 bits per heavy atom. The molecule has 1 aromatic carbocycles. The third-order valence-corrected chi connectivity index (χ3v) is 5.13. The third kappa shape index (κ3) is 2.77. The van der Waals surface area contributed by atoms with Gasteiger partial charge in [-0.05, 0) is 42.2 Å². The zero-order chi connectivity index (χ0) is 14.1. The van der Waals surface area contributed by atoms with Gasteiger partial charge in [-0.2, -0.15) is 0 Å². The number of benzene rings is 1. The van der Waals surface area contributed by atoms with Crippen molar-refractivity contribution < 1.29 is 4.74 Å². The van der Waals surface area contributed by atoms with Gasteiger partial charge in [-0.1, -0.05) is 51.0 Å². The summed E-state index contributed by atoms with van der Waals surface area (Å²) < 4.78 is 6.42. The smallest absolute Gasteiger partial charge is 0.0777 e. The molecule has 5 unspecified atom stereocenters. The number of hydrogen-bond donors (Lipinski definition) is 1. The standard InChI is InChI=1S/C18H27NO/c1-12-6-5-7-14(10-12)20-17-11-13(2)15-8-3-4-9-16(15)18(17)19/h3-4,8-9,12-14,17-18H,5-7,10-11,19H2,1-2H3. The molecule has 2 heteroatoms. The first kappa shape index (κ1) is 14.1. The summed E-state index contributed by atoms with van der Waals surface area (Å²) in [6, 6.07) is 8.65. The highest BCUT2D eigenvalue weighted by Gasteiger charge is 2.33. The van der Waals surface area contributed by atoms with Gasteiger partial charge in [0.25, 0.3) is 0 Å². The zero-order valence-electron chi connectivity index (χ0n) is 12.7. The van der Waals surface area contributed by atoms with E-state index in [-0.39, 0.29) is 12.1 Å². The number of hydrogen-bond acceptors (Lipinski definition) is 2. The molecule has 0 saturated heterocycles. The van der Waals surface area contributed by atoms with E-state index < -0.39 is 0 Å². The molecule has 2 nitrogen and oxygen atoms in total. The second-order valence-electron chi connectivity index (χ2n) is 6.86. The SMILES string of the molecule is CC1CCCC(OC2CC(C)c3ccccc3C2N)C1. The van der Waals surface area contributed by atoms with Crippen LogP contribution in [-0.4, -0.2) is 12.2 Å². The van der Waals surface area contributed by atoms with Crippen LogP contribution in [0.1, 0.15) is 69.0 Å². The molecule has 0 spiro atoms. The van der Waals surface area contributed by atoms with Gasteiger partial charge in [0, 0.05) is 0 Å². The lowest BCUT2D eigenvalue weighted by Crippen LogP contribution is -2.38. The Labute approximate surface area is 122 Å². The largest absolute Gasteiger partial charge is 0.373 e. The molecule has 110 valence electrons. The van der Waals surface area contributed by atoms with Crippen LogP contribution in [0, 0.1) is 5.92 Å². The van der Waals surface area contributed by atoms with E-state index in [2.05, 4.69) is 38.1 Å². The summed E-state index contributed by atoms with van der Waals surface area (Å²) in [7, 11) is 0. The van der Waals surface area contributed by atoms with Crippen molar-refractivity contribution in [2.75, 3.05) is 0 Å². The van der Waals surface area contributed by atoms with Gasteiger partial charge in [0.1, 0.15) is 0 Å². The van der Waals surface area contributed by atoms with Gasteiger partial charge < -0.3 is 10.5 Å². The highest BCUT2D eigenvalue weighted by Crippen LogP contribution is 2.39. The number of ether oxygens (including phenoxy) is 1. The van der Waals surface area contributed by atoms with E-state index >= 15 is 0 Å². The summed E-state index contributed by atoms with van der Waals surface area (Å²) in [4.78, 5) is 0. The maximum Gasteiger partial charge on any atom is 0.0777 e. The number of fused-ring (bicyclic) bond motifs is 1. The van der Waals surface area contributed by atoms with Crippen molar-refractivity contribution in [2.24, 2.45) is 11.7 Å². The normalized spacial score (nSPS) is 37.5. The molecule has 0 amide bonds. The van der Waals surface area contributed by atoms with E-state index in [1.165, 1.54) is 36.8 Å². The summed E-state index contributed by atoms with van der Waals surface area (Å²) in [6.45, 7) is 4.64. The van der Waals surface area contributed by atoms with Crippen LogP contribution in [0.5, 0.6) is 0 Å². The molecule has 1 fully saturated rings. The minimum Gasteiger partial charge on any atom is -0.373 e. The fourth-order valence-corrected chi connectivity index (χ4v) is 3.98. The van der Waals surface area contributed by atoms with Crippen molar-refractivity contribution >= 4 is 0 Å². The monoisotopic (exact) mass is 273 g/mol. The first-order chi connectivity index (χ1) is 9.65. The average Bonchev–Trinajstić information content (AvgIpc) is 2.45. The van der Waals surface area contributed by atoms with Gasteiger partial charge in [0.2, 0.25) is 0 Å². The lowest BCUT2D eigenvalue weighted by Gasteiger charge is -2.38. The van der Waals surface area contributed by atoms with Crippen molar-refractivity contribution in [2.45, 2.75) is 70.1 Å². The molecule has 2 aliphatic rings. The molecule has 0 aliphatic heterocycles. The van der Waals surface area contributed by atoms with Gasteiger partial charge >= 0.3 is 0 Å². The van der Waals surface area contributed by atoms with Gasteiger partial charge in [0.15, 0.2) is 0 Å². The molecule has 0 bridgehead atoms. The summed E-state index contributed by atoms with van der Waals surface area (Å²) in [6.07, 6.45) is 6.75. The molecular weight excluding hydrogens is 246 g/mol. The Balaban J connectivity index is 1.72. The van der Waals surface area contributed by atoms with Gasteiger partial charge in [0.05, 0.1) is 18.2 Å². The number of rotatable bonds is 2. The van der Waals surface area contributed by atoms with Crippen LogP contribution in [0.25, 0.3) is 0 Å². The minimum absolute atomic E-state index is 0.0413. The van der Waals surface area contributed by atoms with E-state index in [0.717, 1.165) is 12.3 Å². The van der Waals surface area contributed by atoms with Gasteiger partial charge in [-0.25, -0.2) is 0 Å². The fourth-order valence-electron chi connectivity index (χ4n) is 3.98. The minimum atomic E-state index is 0.0413. The molecule has 1 aromatic rings. The quantitative estimate of drug-likeness (QED) is 0.878. The van der Waals surface area contributed by atoms with Crippen LogP contribution in [0.2, 0.25) is 0 Å². The van der Waals surface area contributed by atoms with Gasteiger partial charge in [-0.15, -0.1) is 0 Å².